The lowest BCUT2D eigenvalue weighted by molar-refractivity contribution is -0.131. The lowest BCUT2D eigenvalue weighted by Gasteiger charge is -2.34. The summed E-state index contributed by atoms with van der Waals surface area (Å²) in [6.45, 7) is 3.90. The van der Waals surface area contributed by atoms with Crippen molar-refractivity contribution < 1.29 is 22.3 Å². The molecule has 1 fully saturated rings. The van der Waals surface area contributed by atoms with E-state index in [2.05, 4.69) is 4.90 Å². The van der Waals surface area contributed by atoms with Crippen molar-refractivity contribution in [1.29, 1.82) is 0 Å². The Morgan fingerprint density at radius 1 is 1.10 bits per heavy atom. The third-order valence-electron chi connectivity index (χ3n) is 5.14. The Morgan fingerprint density at radius 3 is 2.33 bits per heavy atom. The molecule has 0 atom stereocenters. The summed E-state index contributed by atoms with van der Waals surface area (Å²) in [5, 5.41) is 0. The monoisotopic (exact) mass is 435 g/mol. The molecule has 1 heterocycles. The molecule has 0 bridgehead atoms. The van der Waals surface area contributed by atoms with Crippen LogP contribution in [-0.2, 0) is 14.8 Å². The van der Waals surface area contributed by atoms with Gasteiger partial charge in [0.2, 0.25) is 5.91 Å². The van der Waals surface area contributed by atoms with Gasteiger partial charge in [-0.15, -0.1) is 0 Å². The molecule has 2 aromatic rings. The van der Waals surface area contributed by atoms with Crippen LogP contribution in [0.5, 0.6) is 5.75 Å². The van der Waals surface area contributed by atoms with Crippen LogP contribution in [-0.4, -0.2) is 71.0 Å². The smallest absolute Gasteiger partial charge is 0.268 e. The van der Waals surface area contributed by atoms with Gasteiger partial charge in [0.25, 0.3) is 10.0 Å². The molecule has 30 heavy (non-hydrogen) atoms. The molecule has 3 rings (SSSR count). The number of carbonyl (C=O) groups is 1. The second kappa shape index (κ2) is 9.01. The minimum absolute atomic E-state index is 0.0412. The number of likely N-dealkylation sites (N-methyl/N-ethyl adjacent to an activating group) is 1. The molecular formula is C21H26FN3O4S. The molecule has 9 heteroatoms. The van der Waals surface area contributed by atoms with E-state index in [1.54, 1.807) is 24.0 Å². The number of piperazine rings is 1. The Morgan fingerprint density at radius 2 is 1.73 bits per heavy atom. The summed E-state index contributed by atoms with van der Waals surface area (Å²) >= 11 is 0. The zero-order valence-corrected chi connectivity index (χ0v) is 18.2. The molecule has 0 spiro atoms. The van der Waals surface area contributed by atoms with Gasteiger partial charge in [-0.1, -0.05) is 6.07 Å². The van der Waals surface area contributed by atoms with Crippen LogP contribution in [0.1, 0.15) is 5.56 Å². The number of sulfonamides is 1. The Labute approximate surface area is 176 Å². The van der Waals surface area contributed by atoms with Gasteiger partial charge >= 0.3 is 0 Å². The molecule has 0 unspecified atom stereocenters. The molecular weight excluding hydrogens is 409 g/mol. The molecule has 1 saturated heterocycles. The zero-order valence-electron chi connectivity index (χ0n) is 17.3. The largest absolute Gasteiger partial charge is 0.495 e. The minimum atomic E-state index is -4.15. The van der Waals surface area contributed by atoms with Gasteiger partial charge in [0.15, 0.2) is 0 Å². The van der Waals surface area contributed by atoms with Crippen molar-refractivity contribution in [1.82, 2.24) is 9.80 Å². The number of rotatable bonds is 6. The molecule has 0 saturated carbocycles. The summed E-state index contributed by atoms with van der Waals surface area (Å²) < 4.78 is 46.9. The molecule has 0 aromatic heterocycles. The number of anilines is 1. The first-order valence-corrected chi connectivity index (χ1v) is 11.1. The highest BCUT2D eigenvalue weighted by atomic mass is 32.2. The first-order chi connectivity index (χ1) is 14.2. The number of carbonyl (C=O) groups excluding carboxylic acids is 1. The van der Waals surface area contributed by atoms with E-state index < -0.39 is 15.8 Å². The SMILES string of the molecule is COc1ccc(C)cc1S(=O)(=O)N(CC(=O)N1CCN(C)CC1)c1ccc(F)cc1. The van der Waals surface area contributed by atoms with Crippen molar-refractivity contribution in [3.63, 3.8) is 0 Å². The van der Waals surface area contributed by atoms with Crippen molar-refractivity contribution in [3.05, 3.63) is 53.8 Å². The highest BCUT2D eigenvalue weighted by molar-refractivity contribution is 7.93. The normalized spacial score (nSPS) is 15.1. The number of benzene rings is 2. The van der Waals surface area contributed by atoms with Crippen molar-refractivity contribution in [3.8, 4) is 5.75 Å². The van der Waals surface area contributed by atoms with Crippen LogP contribution in [0.3, 0.4) is 0 Å². The van der Waals surface area contributed by atoms with E-state index in [1.165, 1.54) is 37.4 Å². The summed E-state index contributed by atoms with van der Waals surface area (Å²) in [4.78, 5) is 16.7. The van der Waals surface area contributed by atoms with Crippen LogP contribution >= 0.6 is 0 Å². The van der Waals surface area contributed by atoms with Crippen LogP contribution in [0.4, 0.5) is 10.1 Å². The summed E-state index contributed by atoms with van der Waals surface area (Å²) in [5.41, 5.74) is 0.946. The van der Waals surface area contributed by atoms with Crippen molar-refractivity contribution in [2.24, 2.45) is 0 Å². The third kappa shape index (κ3) is 4.73. The first kappa shape index (κ1) is 22.0. The Hall–Kier alpha value is -2.65. The first-order valence-electron chi connectivity index (χ1n) is 9.61. The highest BCUT2D eigenvalue weighted by Gasteiger charge is 2.32. The molecule has 1 amide bonds. The third-order valence-corrected chi connectivity index (χ3v) is 6.93. The van der Waals surface area contributed by atoms with Crippen LogP contribution in [0, 0.1) is 12.7 Å². The molecule has 2 aromatic carbocycles. The summed E-state index contributed by atoms with van der Waals surface area (Å²) in [5.74, 6) is -0.614. The fourth-order valence-electron chi connectivity index (χ4n) is 3.31. The second-order valence-electron chi connectivity index (χ2n) is 7.33. The zero-order chi connectivity index (χ0) is 21.9. The quantitative estimate of drug-likeness (QED) is 0.695. The van der Waals surface area contributed by atoms with E-state index in [-0.39, 0.29) is 28.8 Å². The fourth-order valence-corrected chi connectivity index (χ4v) is 4.96. The van der Waals surface area contributed by atoms with E-state index >= 15 is 0 Å². The molecule has 1 aliphatic rings. The van der Waals surface area contributed by atoms with Gasteiger partial charge in [-0.05, 0) is 55.9 Å². The van der Waals surface area contributed by atoms with Crippen molar-refractivity contribution in [2.75, 3.05) is 51.2 Å². The Kier molecular flexibility index (Phi) is 6.62. The maximum atomic E-state index is 13.6. The van der Waals surface area contributed by atoms with Gasteiger partial charge in [0, 0.05) is 26.2 Å². The number of aryl methyl sites for hydroxylation is 1. The minimum Gasteiger partial charge on any atom is -0.495 e. The van der Waals surface area contributed by atoms with E-state index in [9.17, 15) is 17.6 Å². The number of halogens is 1. The Balaban J connectivity index is 2.00. The number of amides is 1. The lowest BCUT2D eigenvalue weighted by Crippen LogP contribution is -2.50. The van der Waals surface area contributed by atoms with Crippen LogP contribution in [0.25, 0.3) is 0 Å². The van der Waals surface area contributed by atoms with Gasteiger partial charge in [0.05, 0.1) is 12.8 Å². The average Bonchev–Trinajstić information content (AvgIpc) is 2.73. The lowest BCUT2D eigenvalue weighted by atomic mass is 10.2. The predicted octanol–water partition coefficient (Wildman–Crippen LogP) is 2.11. The fraction of sp³-hybridized carbons (Fsp3) is 0.381. The topological polar surface area (TPSA) is 70.2 Å². The summed E-state index contributed by atoms with van der Waals surface area (Å²) in [7, 11) is -0.785. The number of nitrogens with zero attached hydrogens (tertiary/aromatic N) is 3. The van der Waals surface area contributed by atoms with Gasteiger partial charge in [-0.3, -0.25) is 9.10 Å². The molecule has 0 N–H and O–H groups in total. The van der Waals surface area contributed by atoms with Crippen LogP contribution in [0.2, 0.25) is 0 Å². The molecule has 0 radical (unpaired) electrons. The standard InChI is InChI=1S/C21H26FN3O4S/c1-16-4-9-19(29-3)20(14-16)30(27,28)25(18-7-5-17(22)6-8-18)15-21(26)24-12-10-23(2)11-13-24/h4-9,14H,10-13,15H2,1-3H3. The predicted molar refractivity (Wildman–Crippen MR) is 113 cm³/mol. The van der Waals surface area contributed by atoms with Crippen molar-refractivity contribution >= 4 is 21.6 Å². The molecule has 162 valence electrons. The number of methoxy groups -OCH3 is 1. The van der Waals surface area contributed by atoms with E-state index in [0.717, 1.165) is 23.0 Å². The maximum Gasteiger partial charge on any atom is 0.268 e. The highest BCUT2D eigenvalue weighted by Crippen LogP contribution is 2.31. The number of hydrogen-bond donors (Lipinski definition) is 0. The molecule has 0 aliphatic carbocycles. The van der Waals surface area contributed by atoms with Crippen LogP contribution < -0.4 is 9.04 Å². The van der Waals surface area contributed by atoms with Crippen molar-refractivity contribution in [2.45, 2.75) is 11.8 Å². The second-order valence-corrected chi connectivity index (χ2v) is 9.16. The van der Waals surface area contributed by atoms with Gasteiger partial charge in [0.1, 0.15) is 23.0 Å². The number of hydrogen-bond acceptors (Lipinski definition) is 5. The van der Waals surface area contributed by atoms with E-state index in [1.807, 2.05) is 7.05 Å². The van der Waals surface area contributed by atoms with Gasteiger partial charge < -0.3 is 14.5 Å². The van der Waals surface area contributed by atoms with E-state index in [4.69, 9.17) is 4.74 Å². The van der Waals surface area contributed by atoms with Crippen LogP contribution in [0.15, 0.2) is 47.4 Å². The average molecular weight is 436 g/mol. The summed E-state index contributed by atoms with van der Waals surface area (Å²) in [6.07, 6.45) is 0. The maximum absolute atomic E-state index is 13.6. The molecule has 7 nitrogen and oxygen atoms in total. The summed E-state index contributed by atoms with van der Waals surface area (Å²) in [6, 6.07) is 9.88. The Bertz CT molecular complexity index is 1000. The van der Waals surface area contributed by atoms with E-state index in [0.29, 0.717) is 13.1 Å². The molecule has 1 aliphatic heterocycles. The van der Waals surface area contributed by atoms with Gasteiger partial charge in [-0.25, -0.2) is 12.8 Å². The number of ether oxygens (including phenoxy) is 1. The van der Waals surface area contributed by atoms with Gasteiger partial charge in [-0.2, -0.15) is 0 Å².